The van der Waals surface area contributed by atoms with Crippen LogP contribution in [0.25, 0.3) is 11.1 Å². The molecule has 0 aliphatic carbocycles. The molecular weight excluding hydrogens is 443 g/mol. The first-order valence-corrected chi connectivity index (χ1v) is 11.2. The van der Waals surface area contributed by atoms with Crippen LogP contribution in [0.3, 0.4) is 0 Å². The number of nitrogens with zero attached hydrogens (tertiary/aromatic N) is 2. The highest BCUT2D eigenvalue weighted by Crippen LogP contribution is 2.34. The van der Waals surface area contributed by atoms with Crippen LogP contribution >= 0.6 is 24.0 Å². The third-order valence-electron chi connectivity index (χ3n) is 6.52. The van der Waals surface area contributed by atoms with Gasteiger partial charge in [-0.15, -0.1) is 12.4 Å². The maximum absolute atomic E-state index is 11.3. The lowest BCUT2D eigenvalue weighted by atomic mass is 9.92. The number of benzene rings is 3. The highest BCUT2D eigenvalue weighted by molar-refractivity contribution is 6.30. The normalized spacial score (nSPS) is 17.8. The zero-order valence-electron chi connectivity index (χ0n) is 17.7. The van der Waals surface area contributed by atoms with Gasteiger partial charge in [0.1, 0.15) is 0 Å². The molecule has 1 atom stereocenters. The van der Waals surface area contributed by atoms with Crippen molar-refractivity contribution in [2.45, 2.75) is 25.4 Å². The van der Waals surface area contributed by atoms with E-state index in [9.17, 15) is 9.90 Å². The summed E-state index contributed by atoms with van der Waals surface area (Å²) in [7, 11) is 0. The summed E-state index contributed by atoms with van der Waals surface area (Å²) in [5.41, 5.74) is 6.55. The molecule has 0 spiro atoms. The number of rotatable bonds is 4. The van der Waals surface area contributed by atoms with Gasteiger partial charge in [-0.2, -0.15) is 0 Å². The van der Waals surface area contributed by atoms with Crippen molar-refractivity contribution in [3.05, 3.63) is 88.4 Å². The number of aromatic carboxylic acids is 1. The molecule has 0 aromatic heterocycles. The molecule has 0 bridgehead atoms. The number of hydrogen-bond donors (Lipinski definition) is 1. The maximum atomic E-state index is 11.3. The third-order valence-corrected chi connectivity index (χ3v) is 6.77. The summed E-state index contributed by atoms with van der Waals surface area (Å²) in [5, 5.41) is 10.0. The summed E-state index contributed by atoms with van der Waals surface area (Å²) in [6.45, 7) is 3.90. The minimum Gasteiger partial charge on any atom is -0.478 e. The summed E-state index contributed by atoms with van der Waals surface area (Å²) >= 11 is 6.08. The van der Waals surface area contributed by atoms with Crippen molar-refractivity contribution in [2.75, 3.05) is 24.5 Å². The van der Waals surface area contributed by atoms with Gasteiger partial charge in [0, 0.05) is 42.9 Å². The van der Waals surface area contributed by atoms with Gasteiger partial charge in [0.05, 0.1) is 5.56 Å². The monoisotopic (exact) mass is 468 g/mol. The molecule has 0 unspecified atom stereocenters. The van der Waals surface area contributed by atoms with E-state index in [1.807, 2.05) is 24.3 Å². The van der Waals surface area contributed by atoms with E-state index in [1.54, 1.807) is 6.07 Å². The predicted octanol–water partition coefficient (Wildman–Crippen LogP) is 5.76. The average Bonchev–Trinajstić information content (AvgIpc) is 2.79. The molecule has 3 aromatic rings. The molecule has 3 aromatic carbocycles. The molecule has 0 radical (unpaired) electrons. The highest BCUT2D eigenvalue weighted by atomic mass is 35.5. The van der Waals surface area contributed by atoms with Crippen molar-refractivity contribution in [2.24, 2.45) is 0 Å². The number of fused-ring (bicyclic) bond motifs is 3. The van der Waals surface area contributed by atoms with Crippen LogP contribution < -0.4 is 4.90 Å². The van der Waals surface area contributed by atoms with Crippen LogP contribution in [0, 0.1) is 0 Å². The minimum absolute atomic E-state index is 0. The van der Waals surface area contributed by atoms with E-state index in [4.69, 9.17) is 11.6 Å². The summed E-state index contributed by atoms with van der Waals surface area (Å²) in [6, 6.07) is 22.7. The first kappa shape index (κ1) is 22.7. The number of hydrogen-bond acceptors (Lipinski definition) is 3. The Morgan fingerprint density at radius 1 is 1.03 bits per heavy atom. The van der Waals surface area contributed by atoms with Crippen molar-refractivity contribution in [3.8, 4) is 11.1 Å². The molecule has 4 nitrogen and oxygen atoms in total. The summed E-state index contributed by atoms with van der Waals surface area (Å²) in [6.07, 6.45) is 2.00. The Hall–Kier alpha value is -2.53. The van der Waals surface area contributed by atoms with Gasteiger partial charge in [-0.05, 0) is 65.4 Å². The smallest absolute Gasteiger partial charge is 0.335 e. The van der Waals surface area contributed by atoms with E-state index in [1.165, 1.54) is 22.4 Å². The van der Waals surface area contributed by atoms with Crippen LogP contribution in [0.4, 0.5) is 5.69 Å². The number of carboxylic acid groups (broad SMARTS) is 1. The lowest BCUT2D eigenvalue weighted by Gasteiger charge is -2.46. The Kier molecular flexibility index (Phi) is 6.75. The van der Waals surface area contributed by atoms with Gasteiger partial charge in [-0.3, -0.25) is 4.90 Å². The molecule has 1 fully saturated rings. The first-order chi connectivity index (χ1) is 15.1. The lowest BCUT2D eigenvalue weighted by molar-refractivity contribution is 0.0696. The Morgan fingerprint density at radius 2 is 1.81 bits per heavy atom. The number of halogens is 2. The zero-order valence-corrected chi connectivity index (χ0v) is 19.3. The number of aryl methyl sites for hydroxylation is 1. The SMILES string of the molecule is Cl.O=C(O)c1ccc2c(c1)CC[C@H]1CN(Cc3ccccc3-c3ccc(Cl)cc3)CCN21. The third kappa shape index (κ3) is 4.49. The molecule has 2 aliphatic heterocycles. The van der Waals surface area contributed by atoms with Gasteiger partial charge in [-0.25, -0.2) is 4.79 Å². The molecule has 1 saturated heterocycles. The molecule has 6 heteroatoms. The van der Waals surface area contributed by atoms with E-state index in [0.717, 1.165) is 49.6 Å². The second-order valence-electron chi connectivity index (χ2n) is 8.43. The van der Waals surface area contributed by atoms with E-state index < -0.39 is 5.97 Å². The number of piperazine rings is 1. The fourth-order valence-corrected chi connectivity index (χ4v) is 5.08. The number of anilines is 1. The minimum atomic E-state index is -0.853. The van der Waals surface area contributed by atoms with Crippen molar-refractivity contribution in [1.82, 2.24) is 4.90 Å². The number of carboxylic acids is 1. The van der Waals surface area contributed by atoms with Gasteiger partial charge in [0.2, 0.25) is 0 Å². The van der Waals surface area contributed by atoms with E-state index in [2.05, 4.69) is 46.2 Å². The van der Waals surface area contributed by atoms with Gasteiger partial charge in [0.15, 0.2) is 0 Å². The van der Waals surface area contributed by atoms with Crippen LogP contribution in [0.15, 0.2) is 66.7 Å². The quantitative estimate of drug-likeness (QED) is 0.528. The molecule has 32 heavy (non-hydrogen) atoms. The zero-order chi connectivity index (χ0) is 21.4. The first-order valence-electron chi connectivity index (χ1n) is 10.8. The fourth-order valence-electron chi connectivity index (χ4n) is 4.96. The van der Waals surface area contributed by atoms with Crippen molar-refractivity contribution in [1.29, 1.82) is 0 Å². The Bertz CT molecular complexity index is 1120. The van der Waals surface area contributed by atoms with Gasteiger partial charge in [0.25, 0.3) is 0 Å². The van der Waals surface area contributed by atoms with Gasteiger partial charge >= 0.3 is 5.97 Å². The standard InChI is InChI=1S/C26H25ClN2O2.ClH/c27-22-9-5-18(6-10-22)24-4-2-1-3-21(24)16-28-13-14-29-23(17-28)11-7-19-15-20(26(30)31)8-12-25(19)29;/h1-6,8-10,12,15,23H,7,11,13-14,16-17H2,(H,30,31);1H/t23-;/m0./s1. The van der Waals surface area contributed by atoms with E-state index in [-0.39, 0.29) is 12.4 Å². The second-order valence-corrected chi connectivity index (χ2v) is 8.87. The topological polar surface area (TPSA) is 43.8 Å². The molecule has 0 amide bonds. The fraction of sp³-hybridized carbons (Fsp3) is 0.269. The van der Waals surface area contributed by atoms with Crippen molar-refractivity contribution >= 4 is 35.7 Å². The van der Waals surface area contributed by atoms with Crippen LogP contribution in [0.1, 0.15) is 27.9 Å². The molecule has 5 rings (SSSR count). The summed E-state index contributed by atoms with van der Waals surface area (Å²) < 4.78 is 0. The summed E-state index contributed by atoms with van der Waals surface area (Å²) in [4.78, 5) is 16.3. The van der Waals surface area contributed by atoms with Crippen LogP contribution in [0.2, 0.25) is 5.02 Å². The second kappa shape index (κ2) is 9.53. The Morgan fingerprint density at radius 3 is 2.59 bits per heavy atom. The molecule has 1 N–H and O–H groups in total. The van der Waals surface area contributed by atoms with Gasteiger partial charge in [-0.1, -0.05) is 48.0 Å². The highest BCUT2D eigenvalue weighted by Gasteiger charge is 2.32. The largest absolute Gasteiger partial charge is 0.478 e. The molecule has 2 heterocycles. The van der Waals surface area contributed by atoms with Crippen molar-refractivity contribution in [3.63, 3.8) is 0 Å². The molecule has 0 saturated carbocycles. The van der Waals surface area contributed by atoms with E-state index >= 15 is 0 Å². The van der Waals surface area contributed by atoms with Crippen LogP contribution in [-0.2, 0) is 13.0 Å². The molecule has 166 valence electrons. The van der Waals surface area contributed by atoms with Crippen LogP contribution in [0.5, 0.6) is 0 Å². The van der Waals surface area contributed by atoms with Crippen LogP contribution in [-0.4, -0.2) is 41.7 Å². The Balaban J connectivity index is 0.00000245. The molecular formula is C26H26Cl2N2O2. The lowest BCUT2D eigenvalue weighted by Crippen LogP contribution is -2.54. The van der Waals surface area contributed by atoms with Crippen molar-refractivity contribution < 1.29 is 9.90 Å². The maximum Gasteiger partial charge on any atom is 0.335 e. The number of carbonyl (C=O) groups is 1. The molecule has 2 aliphatic rings. The summed E-state index contributed by atoms with van der Waals surface area (Å²) in [5.74, 6) is -0.853. The van der Waals surface area contributed by atoms with E-state index in [0.29, 0.717) is 11.6 Å². The predicted molar refractivity (Wildman–Crippen MR) is 132 cm³/mol. The van der Waals surface area contributed by atoms with Gasteiger partial charge < -0.3 is 10.0 Å². The Labute approximate surface area is 199 Å². The average molecular weight is 469 g/mol.